The molecule has 38 heavy (non-hydrogen) atoms. The number of benzene rings is 2. The van der Waals surface area contributed by atoms with E-state index in [1.807, 2.05) is 6.92 Å². The molecule has 10 heteroatoms. The van der Waals surface area contributed by atoms with Crippen LogP contribution in [0.15, 0.2) is 24.3 Å². The van der Waals surface area contributed by atoms with E-state index >= 15 is 8.78 Å². The van der Waals surface area contributed by atoms with Gasteiger partial charge in [0, 0.05) is 36.4 Å². The largest absolute Gasteiger partial charge is 0.475 e. The average Bonchev–Trinajstić information content (AvgIpc) is 3.47. The van der Waals surface area contributed by atoms with Gasteiger partial charge in [-0.25, -0.2) is 13.8 Å². The number of nitrogen functional groups attached to an aromatic ring is 1. The van der Waals surface area contributed by atoms with Crippen LogP contribution in [0.3, 0.4) is 0 Å². The average molecular weight is 521 g/mol. The molecule has 1 saturated carbocycles. The summed E-state index contributed by atoms with van der Waals surface area (Å²) >= 11 is 0. The first-order valence-electron chi connectivity index (χ1n) is 12.9. The van der Waals surface area contributed by atoms with Crippen LogP contribution in [0, 0.1) is 17.6 Å². The first-order chi connectivity index (χ1) is 18.2. The predicted molar refractivity (Wildman–Crippen MR) is 134 cm³/mol. The number of amides is 2. The molecule has 1 aliphatic carbocycles. The Kier molecular flexibility index (Phi) is 4.98. The fourth-order valence-corrected chi connectivity index (χ4v) is 5.96. The van der Waals surface area contributed by atoms with Crippen molar-refractivity contribution < 1.29 is 27.8 Å². The van der Waals surface area contributed by atoms with Gasteiger partial charge in [0.2, 0.25) is 0 Å². The molecule has 1 unspecified atom stereocenters. The van der Waals surface area contributed by atoms with Gasteiger partial charge in [0.15, 0.2) is 11.4 Å². The van der Waals surface area contributed by atoms with Crippen LogP contribution in [0.4, 0.5) is 20.3 Å². The molecule has 1 aromatic heterocycles. The second-order valence-corrected chi connectivity index (χ2v) is 10.9. The van der Waals surface area contributed by atoms with Crippen LogP contribution in [0.25, 0.3) is 10.9 Å². The highest BCUT2D eigenvalue weighted by Crippen LogP contribution is 2.49. The number of rotatable bonds is 2. The fourth-order valence-electron chi connectivity index (χ4n) is 5.96. The minimum absolute atomic E-state index is 0.0155. The molecule has 2 amide bonds. The first kappa shape index (κ1) is 23.3. The number of nitrogens with one attached hydrogen (secondary N) is 1. The highest BCUT2D eigenvalue weighted by Gasteiger charge is 2.56. The summed E-state index contributed by atoms with van der Waals surface area (Å²) in [6.07, 6.45) is 2.56. The fraction of sp³-hybridized carbons (Fsp3) is 0.393. The summed E-state index contributed by atoms with van der Waals surface area (Å²) in [5, 5.41) is 3.27. The molecule has 4 heterocycles. The van der Waals surface area contributed by atoms with E-state index in [9.17, 15) is 9.59 Å². The van der Waals surface area contributed by atoms with Crippen molar-refractivity contribution in [1.29, 1.82) is 0 Å². The summed E-state index contributed by atoms with van der Waals surface area (Å²) in [5.74, 6) is -1.37. The lowest BCUT2D eigenvalue weighted by Gasteiger charge is -2.39. The van der Waals surface area contributed by atoms with Gasteiger partial charge in [-0.15, -0.1) is 0 Å². The van der Waals surface area contributed by atoms with Crippen LogP contribution in [-0.4, -0.2) is 33.8 Å². The molecule has 0 radical (unpaired) electrons. The topological polar surface area (TPSA) is 107 Å². The van der Waals surface area contributed by atoms with Crippen LogP contribution in [0.2, 0.25) is 0 Å². The predicted octanol–water partition coefficient (Wildman–Crippen LogP) is 4.60. The molecule has 2 aromatic carbocycles. The SMILES string of the molecule is C[C@H]1CCC(c2cc(F)c3c(c2)OC2(CC2)C(=O)N3)N(C(=O)c2cc3c4c(c(N)nc3cc2F)COC4)C1. The maximum Gasteiger partial charge on any atom is 0.268 e. The standard InChI is InChI=1S/C28H26F2N4O4/c1-13-2-3-22(14-6-20(30)24-23(7-14)38-28(4-5-28)27(36)33-24)34(10-13)26(35)16-8-15-17-11-37-12-18(17)25(31)32-21(15)9-19(16)29/h6-9,13,22H,2-5,10-12H2,1H3,(H2,31,32)(H,33,36)/t13-,22?/m0/s1. The number of anilines is 2. The number of likely N-dealkylation sites (tertiary alicyclic amines) is 1. The number of carbonyl (C=O) groups is 2. The molecular formula is C28H26F2N4O4. The Bertz CT molecular complexity index is 1550. The number of pyridine rings is 1. The Morgan fingerprint density at radius 1 is 1.13 bits per heavy atom. The Morgan fingerprint density at radius 3 is 2.71 bits per heavy atom. The van der Waals surface area contributed by atoms with E-state index < -0.39 is 29.2 Å². The summed E-state index contributed by atoms with van der Waals surface area (Å²) < 4.78 is 42.0. The third-order valence-electron chi connectivity index (χ3n) is 8.25. The Labute approximate surface area is 217 Å². The van der Waals surface area contributed by atoms with Crippen LogP contribution >= 0.6 is 0 Å². The zero-order chi connectivity index (χ0) is 26.3. The summed E-state index contributed by atoms with van der Waals surface area (Å²) in [4.78, 5) is 32.2. The molecule has 3 aliphatic heterocycles. The van der Waals surface area contributed by atoms with E-state index in [0.29, 0.717) is 61.3 Å². The quantitative estimate of drug-likeness (QED) is 0.512. The number of halogens is 2. The van der Waals surface area contributed by atoms with Crippen LogP contribution in [0.5, 0.6) is 5.75 Å². The lowest BCUT2D eigenvalue weighted by atomic mass is 9.88. The van der Waals surface area contributed by atoms with Crippen LogP contribution < -0.4 is 15.8 Å². The van der Waals surface area contributed by atoms with Gasteiger partial charge >= 0.3 is 0 Å². The van der Waals surface area contributed by atoms with E-state index in [2.05, 4.69) is 10.3 Å². The normalized spacial score (nSPS) is 23.1. The van der Waals surface area contributed by atoms with Gasteiger partial charge in [-0.3, -0.25) is 9.59 Å². The Balaban J connectivity index is 1.28. The lowest BCUT2D eigenvalue weighted by Crippen LogP contribution is -2.42. The molecule has 196 valence electrons. The number of hydrogen-bond acceptors (Lipinski definition) is 6. The lowest BCUT2D eigenvalue weighted by molar-refractivity contribution is -0.125. The van der Waals surface area contributed by atoms with Gasteiger partial charge in [0.1, 0.15) is 23.1 Å². The minimum Gasteiger partial charge on any atom is -0.475 e. The number of piperidine rings is 1. The van der Waals surface area contributed by atoms with Crippen molar-refractivity contribution >= 4 is 34.2 Å². The smallest absolute Gasteiger partial charge is 0.268 e. The molecule has 7 rings (SSSR count). The summed E-state index contributed by atoms with van der Waals surface area (Å²) in [5.41, 5.74) is 7.55. The number of nitrogens with two attached hydrogens (primary N) is 1. The summed E-state index contributed by atoms with van der Waals surface area (Å²) in [6.45, 7) is 3.06. The maximum atomic E-state index is 15.4. The molecular weight excluding hydrogens is 494 g/mol. The second-order valence-electron chi connectivity index (χ2n) is 10.9. The van der Waals surface area contributed by atoms with Crippen molar-refractivity contribution in [2.45, 2.75) is 57.5 Å². The maximum absolute atomic E-state index is 15.4. The second kappa shape index (κ2) is 8.10. The number of aromatic nitrogens is 1. The molecule has 2 fully saturated rings. The number of fused-ring (bicyclic) bond motifs is 4. The zero-order valence-electron chi connectivity index (χ0n) is 20.8. The minimum atomic E-state index is -0.926. The first-order valence-corrected chi connectivity index (χ1v) is 12.9. The van der Waals surface area contributed by atoms with Crippen molar-refractivity contribution in [1.82, 2.24) is 9.88 Å². The monoisotopic (exact) mass is 520 g/mol. The van der Waals surface area contributed by atoms with Gasteiger partial charge in [-0.2, -0.15) is 0 Å². The van der Waals surface area contributed by atoms with Crippen molar-refractivity contribution in [3.05, 3.63) is 58.2 Å². The third-order valence-corrected chi connectivity index (χ3v) is 8.25. The molecule has 8 nitrogen and oxygen atoms in total. The highest BCUT2D eigenvalue weighted by atomic mass is 19.1. The number of hydrogen-bond donors (Lipinski definition) is 2. The van der Waals surface area contributed by atoms with Gasteiger partial charge in [0.05, 0.1) is 30.3 Å². The number of nitrogens with zero attached hydrogens (tertiary/aromatic N) is 2. The molecule has 1 spiro atoms. The zero-order valence-corrected chi connectivity index (χ0v) is 20.8. The van der Waals surface area contributed by atoms with E-state index in [0.717, 1.165) is 17.5 Å². The van der Waals surface area contributed by atoms with Crippen molar-refractivity contribution in [3.8, 4) is 5.75 Å². The summed E-state index contributed by atoms with van der Waals surface area (Å²) in [7, 11) is 0. The van der Waals surface area contributed by atoms with Gasteiger partial charge in [-0.1, -0.05) is 6.92 Å². The highest BCUT2D eigenvalue weighted by molar-refractivity contribution is 6.03. The van der Waals surface area contributed by atoms with Crippen molar-refractivity contribution in [2.75, 3.05) is 17.6 Å². The molecule has 1 saturated heterocycles. The molecule has 4 aliphatic rings. The van der Waals surface area contributed by atoms with Crippen molar-refractivity contribution in [3.63, 3.8) is 0 Å². The summed E-state index contributed by atoms with van der Waals surface area (Å²) in [6, 6.07) is 5.33. The van der Waals surface area contributed by atoms with E-state index in [-0.39, 0.29) is 28.8 Å². The Morgan fingerprint density at radius 2 is 1.92 bits per heavy atom. The Hall–Kier alpha value is -3.79. The van der Waals surface area contributed by atoms with Crippen molar-refractivity contribution in [2.24, 2.45) is 5.92 Å². The molecule has 3 N–H and O–H groups in total. The molecule has 0 bridgehead atoms. The molecule has 2 atom stereocenters. The van der Waals surface area contributed by atoms with Crippen LogP contribution in [-0.2, 0) is 22.7 Å². The third kappa shape index (κ3) is 3.46. The number of carbonyl (C=O) groups excluding carboxylic acids is 2. The molecule has 3 aromatic rings. The number of ether oxygens (including phenoxy) is 2. The van der Waals surface area contributed by atoms with Gasteiger partial charge in [0.25, 0.3) is 11.8 Å². The van der Waals surface area contributed by atoms with E-state index in [1.165, 1.54) is 18.2 Å². The van der Waals surface area contributed by atoms with Crippen LogP contribution in [0.1, 0.15) is 65.7 Å². The van der Waals surface area contributed by atoms with E-state index in [4.69, 9.17) is 15.2 Å². The van der Waals surface area contributed by atoms with Gasteiger partial charge < -0.3 is 25.4 Å². The van der Waals surface area contributed by atoms with Gasteiger partial charge in [-0.05, 0) is 48.1 Å². The van der Waals surface area contributed by atoms with E-state index in [1.54, 1.807) is 11.0 Å².